The van der Waals surface area contributed by atoms with Crippen molar-refractivity contribution in [2.45, 2.75) is 6.04 Å². The molecule has 1 aliphatic heterocycles. The molecule has 3 aromatic carbocycles. The molecule has 0 radical (unpaired) electrons. The van der Waals surface area contributed by atoms with Crippen LogP contribution in [0.3, 0.4) is 0 Å². The first-order valence-electron chi connectivity index (χ1n) is 11.1. The molecule has 0 spiro atoms. The van der Waals surface area contributed by atoms with Gasteiger partial charge in [0.1, 0.15) is 11.9 Å². The Morgan fingerprint density at radius 1 is 1.00 bits per heavy atom. The first-order chi connectivity index (χ1) is 17.5. The number of rotatable bonds is 8. The number of benzene rings is 3. The minimum atomic E-state index is -1.23. The molecular weight excluding hydrogens is 469 g/mol. The van der Waals surface area contributed by atoms with Crippen LogP contribution in [0, 0.1) is 5.82 Å². The summed E-state index contributed by atoms with van der Waals surface area (Å²) in [6, 6.07) is 17.4. The number of amides is 3. The molecule has 0 saturated heterocycles. The molecule has 3 amide bonds. The molecule has 0 aliphatic carbocycles. The molecule has 36 heavy (non-hydrogen) atoms. The summed E-state index contributed by atoms with van der Waals surface area (Å²) in [7, 11) is 1.50. The lowest BCUT2D eigenvalue weighted by Gasteiger charge is -2.31. The first-order valence-corrected chi connectivity index (χ1v) is 11.1. The minimum Gasteiger partial charge on any atom is -0.454 e. The third-order valence-electron chi connectivity index (χ3n) is 5.40. The van der Waals surface area contributed by atoms with E-state index < -0.39 is 29.6 Å². The number of nitrogens with zero attached hydrogens (tertiary/aromatic N) is 1. The van der Waals surface area contributed by atoms with Gasteiger partial charge in [0.15, 0.2) is 11.5 Å². The molecule has 3 aromatic rings. The summed E-state index contributed by atoms with van der Waals surface area (Å²) in [5.74, 6) is -2.63. The minimum absolute atomic E-state index is 0.000120. The zero-order valence-corrected chi connectivity index (χ0v) is 19.4. The molecule has 1 heterocycles. The summed E-state index contributed by atoms with van der Waals surface area (Å²) in [5, 5.41) is 5.03. The van der Waals surface area contributed by atoms with Gasteiger partial charge in [-0.3, -0.25) is 19.3 Å². The highest BCUT2D eigenvalue weighted by Gasteiger charge is 2.36. The number of halogens is 1. The summed E-state index contributed by atoms with van der Waals surface area (Å²) in [6.45, 7) is 0.433. The molecular formula is C26H24FN3O6. The maximum absolute atomic E-state index is 14.2. The van der Waals surface area contributed by atoms with Crippen molar-refractivity contribution in [2.75, 3.05) is 37.3 Å². The molecule has 1 atom stereocenters. The summed E-state index contributed by atoms with van der Waals surface area (Å²) in [4.78, 5) is 41.1. The Morgan fingerprint density at radius 2 is 1.72 bits per heavy atom. The molecule has 186 valence electrons. The summed E-state index contributed by atoms with van der Waals surface area (Å²) in [5.41, 5.74) is 0.503. The van der Waals surface area contributed by atoms with E-state index in [1.165, 1.54) is 31.4 Å². The average Bonchev–Trinajstić information content (AvgIpc) is 3.36. The van der Waals surface area contributed by atoms with Crippen molar-refractivity contribution in [3.05, 3.63) is 84.2 Å². The van der Waals surface area contributed by atoms with Crippen molar-refractivity contribution in [1.82, 2.24) is 5.32 Å². The smallest absolute Gasteiger partial charge is 0.317 e. The van der Waals surface area contributed by atoms with Crippen molar-refractivity contribution in [1.29, 1.82) is 0 Å². The van der Waals surface area contributed by atoms with E-state index >= 15 is 0 Å². The van der Waals surface area contributed by atoms with E-state index in [2.05, 4.69) is 10.6 Å². The highest BCUT2D eigenvalue weighted by atomic mass is 19.1. The Morgan fingerprint density at radius 3 is 2.47 bits per heavy atom. The third kappa shape index (κ3) is 5.44. The van der Waals surface area contributed by atoms with Crippen molar-refractivity contribution in [2.24, 2.45) is 0 Å². The van der Waals surface area contributed by atoms with Crippen LogP contribution >= 0.6 is 0 Å². The number of carbonyl (C=O) groups excluding carboxylic acids is 3. The Bertz CT molecular complexity index is 1250. The summed E-state index contributed by atoms with van der Waals surface area (Å²) in [6.07, 6.45) is 0. The van der Waals surface area contributed by atoms with E-state index in [1.54, 1.807) is 42.5 Å². The number of para-hydroxylation sites is 1. The SMILES string of the molecule is COCCNC(=O)[C@@H](c1ccccc1)N(C(=O)C(=O)Nc1ccccc1F)c1ccc2c(c1)OCO2. The zero-order chi connectivity index (χ0) is 25.5. The van der Waals surface area contributed by atoms with Crippen molar-refractivity contribution in [3.63, 3.8) is 0 Å². The molecule has 0 aromatic heterocycles. The third-order valence-corrected chi connectivity index (χ3v) is 5.40. The quantitative estimate of drug-likeness (QED) is 0.369. The van der Waals surface area contributed by atoms with Gasteiger partial charge in [-0.05, 0) is 29.8 Å². The lowest BCUT2D eigenvalue weighted by Crippen LogP contribution is -2.48. The van der Waals surface area contributed by atoms with Crippen LogP contribution in [0.1, 0.15) is 11.6 Å². The number of fused-ring (bicyclic) bond motifs is 1. The van der Waals surface area contributed by atoms with Crippen LogP contribution in [-0.2, 0) is 19.1 Å². The topological polar surface area (TPSA) is 106 Å². The molecule has 4 rings (SSSR count). The molecule has 0 unspecified atom stereocenters. The van der Waals surface area contributed by atoms with Gasteiger partial charge in [0, 0.05) is 25.4 Å². The second-order valence-electron chi connectivity index (χ2n) is 7.74. The van der Waals surface area contributed by atoms with E-state index in [4.69, 9.17) is 14.2 Å². The molecule has 10 heteroatoms. The van der Waals surface area contributed by atoms with Crippen LogP contribution in [0.25, 0.3) is 0 Å². The number of nitrogens with one attached hydrogen (secondary N) is 2. The van der Waals surface area contributed by atoms with Gasteiger partial charge < -0.3 is 24.8 Å². The zero-order valence-electron chi connectivity index (χ0n) is 19.4. The van der Waals surface area contributed by atoms with Gasteiger partial charge >= 0.3 is 11.8 Å². The second-order valence-corrected chi connectivity index (χ2v) is 7.74. The normalized spacial score (nSPS) is 12.5. The van der Waals surface area contributed by atoms with Gasteiger partial charge in [-0.25, -0.2) is 4.39 Å². The number of hydrogen-bond acceptors (Lipinski definition) is 6. The molecule has 1 aliphatic rings. The maximum atomic E-state index is 14.2. The Hall–Kier alpha value is -4.44. The van der Waals surface area contributed by atoms with Gasteiger partial charge in [0.05, 0.1) is 12.3 Å². The number of carbonyl (C=O) groups is 3. The lowest BCUT2D eigenvalue weighted by molar-refractivity contribution is -0.135. The van der Waals surface area contributed by atoms with Gasteiger partial charge in [-0.1, -0.05) is 42.5 Å². The highest BCUT2D eigenvalue weighted by molar-refractivity contribution is 6.45. The second kappa shape index (κ2) is 11.3. The monoisotopic (exact) mass is 493 g/mol. The van der Waals surface area contributed by atoms with Crippen molar-refractivity contribution < 1.29 is 33.0 Å². The number of ether oxygens (including phenoxy) is 3. The predicted octanol–water partition coefficient (Wildman–Crippen LogP) is 3.03. The van der Waals surface area contributed by atoms with Crippen LogP contribution in [0.5, 0.6) is 11.5 Å². The summed E-state index contributed by atoms with van der Waals surface area (Å²) < 4.78 is 30.0. The lowest BCUT2D eigenvalue weighted by atomic mass is 10.0. The van der Waals surface area contributed by atoms with Gasteiger partial charge in [0.2, 0.25) is 12.7 Å². The van der Waals surface area contributed by atoms with E-state index in [0.717, 1.165) is 11.0 Å². The fourth-order valence-corrected chi connectivity index (χ4v) is 3.69. The van der Waals surface area contributed by atoms with E-state index in [-0.39, 0.29) is 31.3 Å². The fourth-order valence-electron chi connectivity index (χ4n) is 3.69. The molecule has 0 bridgehead atoms. The van der Waals surface area contributed by atoms with Gasteiger partial charge in [-0.15, -0.1) is 0 Å². The standard InChI is InChI=1S/C26H24FN3O6/c1-34-14-13-28-24(31)23(17-7-3-2-4-8-17)30(18-11-12-21-22(15-18)36-16-35-21)26(33)25(32)29-20-10-6-5-9-19(20)27/h2-12,15,23H,13-14,16H2,1H3,(H,28,31)(H,29,32)/t23-/m1/s1. The first kappa shape index (κ1) is 24.7. The fraction of sp³-hybridized carbons (Fsp3) is 0.192. The Kier molecular flexibility index (Phi) is 7.76. The van der Waals surface area contributed by atoms with Crippen LogP contribution in [-0.4, -0.2) is 44.8 Å². The molecule has 9 nitrogen and oxygen atoms in total. The largest absolute Gasteiger partial charge is 0.454 e. The Balaban J connectivity index is 1.76. The molecule has 2 N–H and O–H groups in total. The number of methoxy groups -OCH3 is 1. The Labute approximate surface area is 206 Å². The van der Waals surface area contributed by atoms with Crippen LogP contribution < -0.4 is 25.0 Å². The summed E-state index contributed by atoms with van der Waals surface area (Å²) >= 11 is 0. The maximum Gasteiger partial charge on any atom is 0.317 e. The highest BCUT2D eigenvalue weighted by Crippen LogP contribution is 2.38. The van der Waals surface area contributed by atoms with Crippen molar-refractivity contribution >= 4 is 29.1 Å². The van der Waals surface area contributed by atoms with E-state index in [9.17, 15) is 18.8 Å². The average molecular weight is 493 g/mol. The van der Waals surface area contributed by atoms with Gasteiger partial charge in [-0.2, -0.15) is 0 Å². The van der Waals surface area contributed by atoms with Crippen molar-refractivity contribution in [3.8, 4) is 11.5 Å². The predicted molar refractivity (Wildman–Crippen MR) is 129 cm³/mol. The number of anilines is 2. The van der Waals surface area contributed by atoms with Crippen LogP contribution in [0.2, 0.25) is 0 Å². The van der Waals surface area contributed by atoms with Crippen LogP contribution in [0.15, 0.2) is 72.8 Å². The number of hydrogen-bond donors (Lipinski definition) is 2. The van der Waals surface area contributed by atoms with Crippen LogP contribution in [0.4, 0.5) is 15.8 Å². The van der Waals surface area contributed by atoms with E-state index in [1.807, 2.05) is 0 Å². The molecule has 0 fully saturated rings. The molecule has 0 saturated carbocycles. The van der Waals surface area contributed by atoms with E-state index in [0.29, 0.717) is 17.1 Å². The van der Waals surface area contributed by atoms with Gasteiger partial charge in [0.25, 0.3) is 0 Å².